The monoisotopic (exact) mass is 249 g/mol. The third kappa shape index (κ3) is 2.58. The normalized spacial score (nSPS) is 18.8. The quantitative estimate of drug-likeness (QED) is 0.826. The number of hydrogen-bond acceptors (Lipinski definition) is 3. The second-order valence-corrected chi connectivity index (χ2v) is 4.33. The summed E-state index contributed by atoms with van der Waals surface area (Å²) in [5, 5.41) is 0. The van der Waals surface area contributed by atoms with Crippen molar-refractivity contribution in [3.63, 3.8) is 0 Å². The van der Waals surface area contributed by atoms with E-state index in [4.69, 9.17) is 9.47 Å². The van der Waals surface area contributed by atoms with Gasteiger partial charge in [0.05, 0.1) is 19.8 Å². The number of likely N-dealkylation sites (tertiary alicyclic amines) is 1. The van der Waals surface area contributed by atoms with Crippen LogP contribution in [0, 0.1) is 0 Å². The summed E-state index contributed by atoms with van der Waals surface area (Å²) >= 11 is 0. The highest BCUT2D eigenvalue weighted by atomic mass is 16.6. The molecule has 0 bridgehead atoms. The molecule has 0 N–H and O–H groups in total. The van der Waals surface area contributed by atoms with Gasteiger partial charge in [0.2, 0.25) is 0 Å². The molecule has 0 radical (unpaired) electrons. The topological polar surface area (TPSA) is 38.8 Å². The summed E-state index contributed by atoms with van der Waals surface area (Å²) < 4.78 is 10.3. The van der Waals surface area contributed by atoms with Crippen molar-refractivity contribution >= 4 is 6.09 Å². The Kier molecular flexibility index (Phi) is 4.07. The van der Waals surface area contributed by atoms with Gasteiger partial charge >= 0.3 is 6.09 Å². The molecular weight excluding hydrogens is 230 g/mol. The molecule has 1 aromatic carbocycles. The van der Waals surface area contributed by atoms with Crippen LogP contribution >= 0.6 is 0 Å². The average Bonchev–Trinajstić information content (AvgIpc) is 2.88. The number of methoxy groups -OCH3 is 1. The lowest BCUT2D eigenvalue weighted by Gasteiger charge is -2.24. The van der Waals surface area contributed by atoms with E-state index in [-0.39, 0.29) is 12.1 Å². The van der Waals surface area contributed by atoms with Crippen LogP contribution in [0.3, 0.4) is 0 Å². The van der Waals surface area contributed by atoms with Gasteiger partial charge in [-0.05, 0) is 37.5 Å². The molecule has 4 heteroatoms. The summed E-state index contributed by atoms with van der Waals surface area (Å²) in [7, 11) is 1.65. The van der Waals surface area contributed by atoms with Crippen LogP contribution in [-0.4, -0.2) is 31.3 Å². The van der Waals surface area contributed by atoms with E-state index in [0.717, 1.165) is 30.7 Å². The van der Waals surface area contributed by atoms with Crippen molar-refractivity contribution in [1.29, 1.82) is 0 Å². The summed E-state index contributed by atoms with van der Waals surface area (Å²) in [6.45, 7) is 3.01. The first-order valence-corrected chi connectivity index (χ1v) is 6.33. The molecule has 0 aliphatic carbocycles. The van der Waals surface area contributed by atoms with Crippen LogP contribution in [0.15, 0.2) is 24.3 Å². The first-order chi connectivity index (χ1) is 8.76. The zero-order chi connectivity index (χ0) is 13.0. The van der Waals surface area contributed by atoms with E-state index in [9.17, 15) is 4.79 Å². The molecule has 1 aliphatic rings. The molecule has 98 valence electrons. The molecule has 1 atom stereocenters. The molecule has 2 rings (SSSR count). The lowest BCUT2D eigenvalue weighted by molar-refractivity contribution is 0.103. The second kappa shape index (κ2) is 5.76. The smallest absolute Gasteiger partial charge is 0.410 e. The zero-order valence-electron chi connectivity index (χ0n) is 10.9. The summed E-state index contributed by atoms with van der Waals surface area (Å²) in [5.74, 6) is 0.822. The third-order valence-electron chi connectivity index (χ3n) is 3.23. The van der Waals surface area contributed by atoms with Gasteiger partial charge in [-0.2, -0.15) is 0 Å². The van der Waals surface area contributed by atoms with E-state index in [1.807, 2.05) is 31.2 Å². The fraction of sp³-hybridized carbons (Fsp3) is 0.500. The van der Waals surface area contributed by atoms with Gasteiger partial charge in [-0.1, -0.05) is 12.1 Å². The van der Waals surface area contributed by atoms with E-state index >= 15 is 0 Å². The fourth-order valence-corrected chi connectivity index (χ4v) is 2.39. The maximum Gasteiger partial charge on any atom is 0.410 e. The molecule has 1 fully saturated rings. The molecule has 1 heterocycles. The highest BCUT2D eigenvalue weighted by molar-refractivity contribution is 5.68. The highest BCUT2D eigenvalue weighted by Gasteiger charge is 2.30. The Morgan fingerprint density at radius 3 is 3.06 bits per heavy atom. The van der Waals surface area contributed by atoms with Crippen molar-refractivity contribution in [3.8, 4) is 5.75 Å². The Morgan fingerprint density at radius 2 is 2.33 bits per heavy atom. The summed E-state index contributed by atoms with van der Waals surface area (Å²) in [5.41, 5.74) is 1.11. The van der Waals surface area contributed by atoms with E-state index in [1.54, 1.807) is 12.0 Å². The van der Waals surface area contributed by atoms with Crippen LogP contribution in [0.1, 0.15) is 31.4 Å². The van der Waals surface area contributed by atoms with Gasteiger partial charge in [-0.3, -0.25) is 0 Å². The van der Waals surface area contributed by atoms with E-state index < -0.39 is 0 Å². The third-order valence-corrected chi connectivity index (χ3v) is 3.23. The van der Waals surface area contributed by atoms with Gasteiger partial charge < -0.3 is 14.4 Å². The van der Waals surface area contributed by atoms with Crippen LogP contribution in [0.25, 0.3) is 0 Å². The van der Waals surface area contributed by atoms with Crippen molar-refractivity contribution in [2.24, 2.45) is 0 Å². The summed E-state index contributed by atoms with van der Waals surface area (Å²) in [4.78, 5) is 13.7. The Bertz CT molecular complexity index is 419. The van der Waals surface area contributed by atoms with E-state index in [1.165, 1.54) is 0 Å². The molecule has 18 heavy (non-hydrogen) atoms. The maximum atomic E-state index is 11.9. The predicted molar refractivity (Wildman–Crippen MR) is 68.7 cm³/mol. The molecular formula is C14H19NO3. The van der Waals surface area contributed by atoms with Gasteiger partial charge in [0.15, 0.2) is 0 Å². The Hall–Kier alpha value is -1.71. The standard InChI is InChI=1S/C14H19NO3/c1-3-18-14(16)15-9-5-8-13(15)11-6-4-7-12(10-11)17-2/h4,6-7,10,13H,3,5,8-9H2,1-2H3. The molecule has 0 aromatic heterocycles. The van der Waals surface area contributed by atoms with Gasteiger partial charge in [-0.25, -0.2) is 4.79 Å². The van der Waals surface area contributed by atoms with E-state index in [0.29, 0.717) is 6.61 Å². The number of carbonyl (C=O) groups is 1. The molecule has 1 amide bonds. The van der Waals surface area contributed by atoms with Crippen molar-refractivity contribution in [2.45, 2.75) is 25.8 Å². The number of ether oxygens (including phenoxy) is 2. The van der Waals surface area contributed by atoms with Gasteiger partial charge in [0.1, 0.15) is 5.75 Å². The number of rotatable bonds is 3. The van der Waals surface area contributed by atoms with Crippen molar-refractivity contribution in [1.82, 2.24) is 4.90 Å². The molecule has 1 saturated heterocycles. The van der Waals surface area contributed by atoms with Crippen LogP contribution in [-0.2, 0) is 4.74 Å². The molecule has 0 spiro atoms. The number of benzene rings is 1. The first kappa shape index (κ1) is 12.7. The zero-order valence-corrected chi connectivity index (χ0v) is 10.9. The van der Waals surface area contributed by atoms with Gasteiger partial charge in [0, 0.05) is 6.54 Å². The van der Waals surface area contributed by atoms with Crippen LogP contribution < -0.4 is 4.74 Å². The van der Waals surface area contributed by atoms with Crippen molar-refractivity contribution in [2.75, 3.05) is 20.3 Å². The minimum absolute atomic E-state index is 0.110. The number of nitrogens with zero attached hydrogens (tertiary/aromatic N) is 1. The largest absolute Gasteiger partial charge is 0.497 e. The molecule has 0 saturated carbocycles. The Labute approximate surface area is 107 Å². The lowest BCUT2D eigenvalue weighted by Crippen LogP contribution is -2.31. The van der Waals surface area contributed by atoms with Gasteiger partial charge in [0.25, 0.3) is 0 Å². The Morgan fingerprint density at radius 1 is 1.50 bits per heavy atom. The molecule has 1 aromatic rings. The lowest BCUT2D eigenvalue weighted by atomic mass is 10.0. The van der Waals surface area contributed by atoms with E-state index in [2.05, 4.69) is 0 Å². The van der Waals surface area contributed by atoms with Crippen LogP contribution in [0.2, 0.25) is 0 Å². The predicted octanol–water partition coefficient (Wildman–Crippen LogP) is 2.99. The average molecular weight is 249 g/mol. The molecule has 1 unspecified atom stereocenters. The van der Waals surface area contributed by atoms with Gasteiger partial charge in [-0.15, -0.1) is 0 Å². The maximum absolute atomic E-state index is 11.9. The molecule has 4 nitrogen and oxygen atoms in total. The summed E-state index contributed by atoms with van der Waals surface area (Å²) in [6.07, 6.45) is 1.77. The van der Waals surface area contributed by atoms with Crippen LogP contribution in [0.5, 0.6) is 5.75 Å². The molecule has 1 aliphatic heterocycles. The number of amides is 1. The minimum atomic E-state index is -0.220. The van der Waals surface area contributed by atoms with Crippen LogP contribution in [0.4, 0.5) is 4.79 Å². The number of carbonyl (C=O) groups excluding carboxylic acids is 1. The highest BCUT2D eigenvalue weighted by Crippen LogP contribution is 2.33. The second-order valence-electron chi connectivity index (χ2n) is 4.33. The fourth-order valence-electron chi connectivity index (χ4n) is 2.39. The number of hydrogen-bond donors (Lipinski definition) is 0. The first-order valence-electron chi connectivity index (χ1n) is 6.33. The minimum Gasteiger partial charge on any atom is -0.497 e. The summed E-state index contributed by atoms with van der Waals surface area (Å²) in [6, 6.07) is 8.00. The van der Waals surface area contributed by atoms with Crippen molar-refractivity contribution in [3.05, 3.63) is 29.8 Å². The Balaban J connectivity index is 2.17. The SMILES string of the molecule is CCOC(=O)N1CCCC1c1cccc(OC)c1. The van der Waals surface area contributed by atoms with Crippen molar-refractivity contribution < 1.29 is 14.3 Å².